The lowest BCUT2D eigenvalue weighted by atomic mass is 10.0. The van der Waals surface area contributed by atoms with Crippen LogP contribution < -0.4 is 0 Å². The predicted octanol–water partition coefficient (Wildman–Crippen LogP) is 21.2. The van der Waals surface area contributed by atoms with E-state index in [4.69, 9.17) is 14.2 Å². The molecule has 6 heteroatoms. The number of carbonyl (C=O) groups is 3. The smallest absolute Gasteiger partial charge is 0.306 e. The van der Waals surface area contributed by atoms with Crippen LogP contribution in [0.25, 0.3) is 0 Å². The molecule has 0 aromatic heterocycles. The molecule has 6 nitrogen and oxygen atoms in total. The molecular formula is C66H118O6. The Labute approximate surface area is 447 Å². The number of hydrogen-bond donors (Lipinski definition) is 0. The summed E-state index contributed by atoms with van der Waals surface area (Å²) in [6, 6.07) is 0. The lowest BCUT2D eigenvalue weighted by molar-refractivity contribution is -0.167. The van der Waals surface area contributed by atoms with Gasteiger partial charge in [-0.2, -0.15) is 0 Å². The fourth-order valence-electron chi connectivity index (χ4n) is 9.01. The molecule has 0 amide bonds. The van der Waals surface area contributed by atoms with E-state index in [0.29, 0.717) is 19.3 Å². The van der Waals surface area contributed by atoms with Gasteiger partial charge >= 0.3 is 17.9 Å². The quantitative estimate of drug-likeness (QED) is 0.0261. The highest BCUT2D eigenvalue weighted by Crippen LogP contribution is 2.16. The number of ether oxygens (including phenoxy) is 3. The van der Waals surface area contributed by atoms with Gasteiger partial charge in [-0.3, -0.25) is 14.4 Å². The third-order valence-electron chi connectivity index (χ3n) is 13.7. The number of allylic oxidation sites excluding steroid dienone is 10. The second kappa shape index (κ2) is 60.7. The third-order valence-corrected chi connectivity index (χ3v) is 13.7. The highest BCUT2D eigenvalue weighted by atomic mass is 16.6. The third kappa shape index (κ3) is 58.0. The topological polar surface area (TPSA) is 78.9 Å². The molecule has 1 unspecified atom stereocenters. The van der Waals surface area contributed by atoms with Crippen molar-refractivity contribution in [2.24, 2.45) is 0 Å². The Hall–Kier alpha value is -2.89. The summed E-state index contributed by atoms with van der Waals surface area (Å²) in [7, 11) is 0. The van der Waals surface area contributed by atoms with Gasteiger partial charge in [0.2, 0.25) is 0 Å². The van der Waals surface area contributed by atoms with E-state index in [1.54, 1.807) is 0 Å². The second-order valence-electron chi connectivity index (χ2n) is 21.0. The Morgan fingerprint density at radius 3 is 0.806 bits per heavy atom. The molecule has 0 saturated carbocycles. The van der Waals surface area contributed by atoms with Crippen LogP contribution in [0.2, 0.25) is 0 Å². The number of rotatable bonds is 57. The molecule has 72 heavy (non-hydrogen) atoms. The van der Waals surface area contributed by atoms with Gasteiger partial charge in [0, 0.05) is 19.3 Å². The highest BCUT2D eigenvalue weighted by Gasteiger charge is 2.19. The molecule has 0 spiro atoms. The zero-order valence-corrected chi connectivity index (χ0v) is 47.9. The fraction of sp³-hybridized carbons (Fsp3) is 0.803. The van der Waals surface area contributed by atoms with Crippen LogP contribution in [0.5, 0.6) is 0 Å². The van der Waals surface area contributed by atoms with Crippen LogP contribution in [-0.2, 0) is 28.6 Å². The maximum Gasteiger partial charge on any atom is 0.306 e. The van der Waals surface area contributed by atoms with E-state index in [0.717, 1.165) is 96.3 Å². The molecule has 0 rings (SSSR count). The van der Waals surface area contributed by atoms with E-state index in [2.05, 4.69) is 81.5 Å². The summed E-state index contributed by atoms with van der Waals surface area (Å²) in [5.74, 6) is -0.883. The molecule has 0 aromatic rings. The Morgan fingerprint density at radius 2 is 0.500 bits per heavy atom. The zero-order chi connectivity index (χ0) is 52.2. The molecule has 0 aromatic carbocycles. The first-order chi connectivity index (χ1) is 35.5. The summed E-state index contributed by atoms with van der Waals surface area (Å²) in [6.07, 6.45) is 76.8. The van der Waals surface area contributed by atoms with Crippen LogP contribution >= 0.6 is 0 Å². The first-order valence-corrected chi connectivity index (χ1v) is 31.3. The van der Waals surface area contributed by atoms with E-state index in [9.17, 15) is 14.4 Å². The van der Waals surface area contributed by atoms with Crippen molar-refractivity contribution in [2.45, 2.75) is 329 Å². The van der Waals surface area contributed by atoms with Crippen molar-refractivity contribution in [3.8, 4) is 0 Å². The van der Waals surface area contributed by atoms with Crippen molar-refractivity contribution < 1.29 is 28.6 Å². The molecule has 0 heterocycles. The molecule has 0 aliphatic heterocycles. The van der Waals surface area contributed by atoms with Crippen molar-refractivity contribution in [2.75, 3.05) is 13.2 Å². The van der Waals surface area contributed by atoms with E-state index in [-0.39, 0.29) is 31.1 Å². The van der Waals surface area contributed by atoms with Gasteiger partial charge < -0.3 is 14.2 Å². The molecule has 0 radical (unpaired) electrons. The number of unbranched alkanes of at least 4 members (excludes halogenated alkanes) is 36. The van der Waals surface area contributed by atoms with Gasteiger partial charge in [0.15, 0.2) is 6.10 Å². The summed E-state index contributed by atoms with van der Waals surface area (Å²) >= 11 is 0. The Balaban J connectivity index is 4.07. The van der Waals surface area contributed by atoms with Crippen LogP contribution in [0.4, 0.5) is 0 Å². The van der Waals surface area contributed by atoms with Crippen molar-refractivity contribution in [1.82, 2.24) is 0 Å². The maximum atomic E-state index is 12.8. The van der Waals surface area contributed by atoms with Crippen molar-refractivity contribution in [1.29, 1.82) is 0 Å². The Kier molecular flexibility index (Phi) is 58.2. The predicted molar refractivity (Wildman–Crippen MR) is 312 cm³/mol. The summed E-state index contributed by atoms with van der Waals surface area (Å²) in [6.45, 7) is 6.59. The fourth-order valence-corrected chi connectivity index (χ4v) is 9.01. The number of carbonyl (C=O) groups excluding carboxylic acids is 3. The lowest BCUT2D eigenvalue weighted by Gasteiger charge is -2.18. The molecule has 0 fully saturated rings. The summed E-state index contributed by atoms with van der Waals surface area (Å²) in [5.41, 5.74) is 0. The van der Waals surface area contributed by atoms with Gasteiger partial charge in [-0.15, -0.1) is 0 Å². The minimum absolute atomic E-state index is 0.0768. The standard InChI is InChI=1S/C66H118O6/c1-4-7-10-13-16-19-21-23-25-26-27-28-29-30-31-32-33-34-35-36-37-38-39-40-42-43-45-47-50-53-56-59-65(68)71-62-63(61-70-64(67)58-55-52-49-18-15-12-9-6-3)72-66(69)60-57-54-51-48-46-44-41-24-22-20-17-14-11-8-5-2/h17,20-21,23-24,26-27,29-30,41,63H,4-16,18-19,22,25,28,31-40,42-62H2,1-3H3/b20-17-,23-21-,27-26-,30-29-,41-24-. The van der Waals surface area contributed by atoms with Crippen LogP contribution in [0.3, 0.4) is 0 Å². The molecule has 0 aliphatic rings. The minimum Gasteiger partial charge on any atom is -0.462 e. The monoisotopic (exact) mass is 1010 g/mol. The largest absolute Gasteiger partial charge is 0.462 e. The number of hydrogen-bond acceptors (Lipinski definition) is 6. The van der Waals surface area contributed by atoms with Crippen LogP contribution in [0.1, 0.15) is 323 Å². The lowest BCUT2D eigenvalue weighted by Crippen LogP contribution is -2.30. The molecular weight excluding hydrogens is 889 g/mol. The van der Waals surface area contributed by atoms with E-state index in [1.165, 1.54) is 186 Å². The highest BCUT2D eigenvalue weighted by molar-refractivity contribution is 5.71. The molecule has 0 N–H and O–H groups in total. The SMILES string of the molecule is CCCCC/C=C\C/C=C\CCCCCCCC(=O)OC(COC(=O)CCCCCCCCCC)COC(=O)CCCCCCCCCCCCCCCCCC/C=C\C/C=C\C/C=C\CCCCCCC. The van der Waals surface area contributed by atoms with Gasteiger partial charge in [0.05, 0.1) is 0 Å². The average Bonchev–Trinajstić information content (AvgIpc) is 3.38. The second-order valence-corrected chi connectivity index (χ2v) is 21.0. The average molecular weight is 1010 g/mol. The van der Waals surface area contributed by atoms with Gasteiger partial charge in [-0.1, -0.05) is 274 Å². The summed E-state index contributed by atoms with van der Waals surface area (Å²) < 4.78 is 16.8. The first kappa shape index (κ1) is 69.1. The van der Waals surface area contributed by atoms with Crippen molar-refractivity contribution >= 4 is 17.9 Å². The van der Waals surface area contributed by atoms with E-state index < -0.39 is 6.10 Å². The summed E-state index contributed by atoms with van der Waals surface area (Å²) in [5, 5.41) is 0. The van der Waals surface area contributed by atoms with Crippen LogP contribution in [-0.4, -0.2) is 37.2 Å². The molecule has 418 valence electrons. The van der Waals surface area contributed by atoms with Crippen molar-refractivity contribution in [3.05, 3.63) is 60.8 Å². The Bertz CT molecular complexity index is 1290. The van der Waals surface area contributed by atoms with Gasteiger partial charge in [0.25, 0.3) is 0 Å². The molecule has 0 bridgehead atoms. The minimum atomic E-state index is -0.777. The van der Waals surface area contributed by atoms with Crippen molar-refractivity contribution in [3.63, 3.8) is 0 Å². The molecule has 0 saturated heterocycles. The molecule has 1 atom stereocenters. The van der Waals surface area contributed by atoms with Crippen LogP contribution in [0.15, 0.2) is 60.8 Å². The zero-order valence-electron chi connectivity index (χ0n) is 47.9. The Morgan fingerprint density at radius 1 is 0.278 bits per heavy atom. The van der Waals surface area contributed by atoms with Crippen LogP contribution in [0, 0.1) is 0 Å². The van der Waals surface area contributed by atoms with E-state index >= 15 is 0 Å². The summed E-state index contributed by atoms with van der Waals surface area (Å²) in [4.78, 5) is 38.0. The maximum absolute atomic E-state index is 12.8. The van der Waals surface area contributed by atoms with E-state index in [1.807, 2.05) is 0 Å². The molecule has 0 aliphatic carbocycles. The first-order valence-electron chi connectivity index (χ1n) is 31.3. The normalized spacial score (nSPS) is 12.4. The van der Waals surface area contributed by atoms with Gasteiger partial charge in [-0.25, -0.2) is 0 Å². The van der Waals surface area contributed by atoms with Gasteiger partial charge in [0.1, 0.15) is 13.2 Å². The number of esters is 3. The van der Waals surface area contributed by atoms with Gasteiger partial charge in [-0.05, 0) is 89.9 Å².